The van der Waals surface area contributed by atoms with E-state index in [2.05, 4.69) is 60.8 Å². The van der Waals surface area contributed by atoms with E-state index in [1.807, 2.05) is 24.1 Å². The van der Waals surface area contributed by atoms with Crippen molar-refractivity contribution in [3.8, 4) is 0 Å². The van der Waals surface area contributed by atoms with Crippen LogP contribution >= 0.6 is 15.9 Å². The Bertz CT molecular complexity index is 451. The zero-order valence-electron chi connectivity index (χ0n) is 13.8. The van der Waals surface area contributed by atoms with Gasteiger partial charge in [-0.15, -0.1) is 0 Å². The number of hydrogen-bond donors (Lipinski definition) is 0. The molecule has 0 heterocycles. The molecule has 4 heteroatoms. The van der Waals surface area contributed by atoms with Gasteiger partial charge in [0.15, 0.2) is 0 Å². The minimum atomic E-state index is 0.140. The SMILES string of the molecule is CN(CCN(C)C(C)(C)C)C(=O)CCc1ccc(Br)cc1. The van der Waals surface area contributed by atoms with E-state index in [1.165, 1.54) is 5.56 Å². The normalized spacial score (nSPS) is 11.8. The summed E-state index contributed by atoms with van der Waals surface area (Å²) in [6.45, 7) is 8.21. The number of amides is 1. The standard InChI is InChI=1S/C17H27BrN2O/c1-17(2,3)20(5)13-12-19(4)16(21)11-8-14-6-9-15(18)10-7-14/h6-7,9-10H,8,11-13H2,1-5H3. The van der Waals surface area contributed by atoms with Gasteiger partial charge in [0.2, 0.25) is 5.91 Å². The molecule has 0 bridgehead atoms. The van der Waals surface area contributed by atoms with Crippen molar-refractivity contribution in [3.05, 3.63) is 34.3 Å². The van der Waals surface area contributed by atoms with Crippen LogP contribution in [0.15, 0.2) is 28.7 Å². The third-order valence-corrected chi connectivity index (χ3v) is 4.41. The monoisotopic (exact) mass is 354 g/mol. The Labute approximate surface area is 137 Å². The van der Waals surface area contributed by atoms with Crippen molar-refractivity contribution in [2.45, 2.75) is 39.2 Å². The molecule has 1 amide bonds. The summed E-state index contributed by atoms with van der Waals surface area (Å²) in [7, 11) is 3.99. The fraction of sp³-hybridized carbons (Fsp3) is 0.588. The van der Waals surface area contributed by atoms with Crippen LogP contribution in [0.1, 0.15) is 32.8 Å². The molecule has 0 N–H and O–H groups in total. The fourth-order valence-electron chi connectivity index (χ4n) is 1.85. The van der Waals surface area contributed by atoms with Gasteiger partial charge in [-0.25, -0.2) is 0 Å². The lowest BCUT2D eigenvalue weighted by molar-refractivity contribution is -0.130. The van der Waals surface area contributed by atoms with Crippen LogP contribution in [0.2, 0.25) is 0 Å². The molecule has 21 heavy (non-hydrogen) atoms. The number of hydrogen-bond acceptors (Lipinski definition) is 2. The zero-order valence-corrected chi connectivity index (χ0v) is 15.4. The summed E-state index contributed by atoms with van der Waals surface area (Å²) in [6, 6.07) is 8.15. The number of carbonyl (C=O) groups is 1. The number of carbonyl (C=O) groups excluding carboxylic acids is 1. The Kier molecular flexibility index (Phi) is 6.88. The zero-order chi connectivity index (χ0) is 16.0. The van der Waals surface area contributed by atoms with Crippen molar-refractivity contribution in [2.24, 2.45) is 0 Å². The highest BCUT2D eigenvalue weighted by Gasteiger charge is 2.17. The van der Waals surface area contributed by atoms with E-state index in [0.29, 0.717) is 6.42 Å². The summed E-state index contributed by atoms with van der Waals surface area (Å²) >= 11 is 3.42. The maximum atomic E-state index is 12.1. The molecule has 0 spiro atoms. The van der Waals surface area contributed by atoms with E-state index in [1.54, 1.807) is 0 Å². The van der Waals surface area contributed by atoms with Gasteiger partial charge in [-0.3, -0.25) is 9.69 Å². The maximum absolute atomic E-state index is 12.1. The molecule has 0 fully saturated rings. The van der Waals surface area contributed by atoms with Gasteiger partial charge in [0.1, 0.15) is 0 Å². The molecule has 0 saturated heterocycles. The summed E-state index contributed by atoms with van der Waals surface area (Å²) in [5.74, 6) is 0.209. The molecule has 0 unspecified atom stereocenters. The molecule has 1 aromatic rings. The van der Waals surface area contributed by atoms with Crippen LogP contribution in [0.3, 0.4) is 0 Å². The summed E-state index contributed by atoms with van der Waals surface area (Å²) in [5, 5.41) is 0. The molecular weight excluding hydrogens is 328 g/mol. The van der Waals surface area contributed by atoms with Gasteiger partial charge in [0.05, 0.1) is 0 Å². The third kappa shape index (κ3) is 6.62. The molecule has 3 nitrogen and oxygen atoms in total. The lowest BCUT2D eigenvalue weighted by Crippen LogP contribution is -2.43. The van der Waals surface area contributed by atoms with Gasteiger partial charge in [0.25, 0.3) is 0 Å². The van der Waals surface area contributed by atoms with Gasteiger partial charge in [-0.1, -0.05) is 28.1 Å². The van der Waals surface area contributed by atoms with E-state index < -0.39 is 0 Å². The molecule has 0 aliphatic heterocycles. The first kappa shape index (κ1) is 18.2. The third-order valence-electron chi connectivity index (χ3n) is 3.88. The summed E-state index contributed by atoms with van der Waals surface area (Å²) in [6.07, 6.45) is 1.36. The Balaban J connectivity index is 2.36. The molecule has 0 aromatic heterocycles. The van der Waals surface area contributed by atoms with Gasteiger partial charge in [-0.05, 0) is 51.9 Å². The molecule has 0 aliphatic carbocycles. The molecule has 0 saturated carbocycles. The Hall–Kier alpha value is -0.870. The first-order valence-corrected chi connectivity index (χ1v) is 8.19. The van der Waals surface area contributed by atoms with Crippen LogP contribution in [-0.2, 0) is 11.2 Å². The number of halogens is 1. The molecule has 0 aliphatic rings. The lowest BCUT2D eigenvalue weighted by Gasteiger charge is -2.33. The first-order valence-electron chi connectivity index (χ1n) is 7.40. The van der Waals surface area contributed by atoms with E-state index in [4.69, 9.17) is 0 Å². The average Bonchev–Trinajstić information content (AvgIpc) is 2.42. The van der Waals surface area contributed by atoms with Crippen LogP contribution in [0, 0.1) is 0 Å². The van der Waals surface area contributed by atoms with E-state index in [9.17, 15) is 4.79 Å². The van der Waals surface area contributed by atoms with Crippen LogP contribution in [0.4, 0.5) is 0 Å². The number of likely N-dealkylation sites (N-methyl/N-ethyl adjacent to an activating group) is 2. The van der Waals surface area contributed by atoms with Crippen LogP contribution in [0.25, 0.3) is 0 Å². The minimum Gasteiger partial charge on any atom is -0.344 e. The van der Waals surface area contributed by atoms with Crippen LogP contribution < -0.4 is 0 Å². The van der Waals surface area contributed by atoms with Crippen molar-refractivity contribution < 1.29 is 4.79 Å². The lowest BCUT2D eigenvalue weighted by atomic mass is 10.1. The predicted molar refractivity (Wildman–Crippen MR) is 92.5 cm³/mol. The quantitative estimate of drug-likeness (QED) is 0.779. The second kappa shape index (κ2) is 7.95. The van der Waals surface area contributed by atoms with Gasteiger partial charge >= 0.3 is 0 Å². The van der Waals surface area contributed by atoms with E-state index >= 15 is 0 Å². The van der Waals surface area contributed by atoms with Gasteiger partial charge < -0.3 is 4.90 Å². The Morgan fingerprint density at radius 2 is 1.67 bits per heavy atom. The number of aryl methyl sites for hydroxylation is 1. The summed E-state index contributed by atoms with van der Waals surface area (Å²) in [4.78, 5) is 16.2. The second-order valence-corrected chi connectivity index (χ2v) is 7.45. The second-order valence-electron chi connectivity index (χ2n) is 6.53. The van der Waals surface area contributed by atoms with Crippen LogP contribution in [-0.4, -0.2) is 48.4 Å². The van der Waals surface area contributed by atoms with Gasteiger partial charge in [0, 0.05) is 36.6 Å². The molecule has 0 atom stereocenters. The van der Waals surface area contributed by atoms with Crippen molar-refractivity contribution in [3.63, 3.8) is 0 Å². The van der Waals surface area contributed by atoms with E-state index in [0.717, 1.165) is 24.0 Å². The van der Waals surface area contributed by atoms with Crippen molar-refractivity contribution in [1.82, 2.24) is 9.80 Å². The molecule has 1 aromatic carbocycles. The predicted octanol–water partition coefficient (Wildman–Crippen LogP) is 3.57. The minimum absolute atomic E-state index is 0.140. The maximum Gasteiger partial charge on any atom is 0.222 e. The van der Waals surface area contributed by atoms with Gasteiger partial charge in [-0.2, -0.15) is 0 Å². The highest BCUT2D eigenvalue weighted by molar-refractivity contribution is 9.10. The highest BCUT2D eigenvalue weighted by atomic mass is 79.9. The number of nitrogens with zero attached hydrogens (tertiary/aromatic N) is 2. The number of rotatable bonds is 6. The summed E-state index contributed by atoms with van der Waals surface area (Å²) in [5.41, 5.74) is 1.34. The molecular formula is C17H27BrN2O. The largest absolute Gasteiger partial charge is 0.344 e. The first-order chi connectivity index (χ1) is 9.70. The molecule has 118 valence electrons. The molecule has 0 radical (unpaired) electrons. The Morgan fingerprint density at radius 3 is 2.19 bits per heavy atom. The topological polar surface area (TPSA) is 23.6 Å². The Morgan fingerprint density at radius 1 is 1.10 bits per heavy atom. The van der Waals surface area contributed by atoms with Crippen molar-refractivity contribution in [1.29, 1.82) is 0 Å². The van der Waals surface area contributed by atoms with Crippen molar-refractivity contribution >= 4 is 21.8 Å². The number of benzene rings is 1. The van der Waals surface area contributed by atoms with Crippen LogP contribution in [0.5, 0.6) is 0 Å². The fourth-order valence-corrected chi connectivity index (χ4v) is 2.12. The van der Waals surface area contributed by atoms with Crippen molar-refractivity contribution in [2.75, 3.05) is 27.2 Å². The highest BCUT2D eigenvalue weighted by Crippen LogP contribution is 2.13. The molecule has 1 rings (SSSR count). The average molecular weight is 355 g/mol. The van der Waals surface area contributed by atoms with E-state index in [-0.39, 0.29) is 11.4 Å². The summed E-state index contributed by atoms with van der Waals surface area (Å²) < 4.78 is 1.07. The smallest absolute Gasteiger partial charge is 0.222 e.